The first kappa shape index (κ1) is 18.0. The third-order valence-electron chi connectivity index (χ3n) is 4.88. The molecule has 1 atom stereocenters. The Morgan fingerprint density at radius 1 is 1.07 bits per heavy atom. The second kappa shape index (κ2) is 7.72. The molecule has 0 bridgehead atoms. The van der Waals surface area contributed by atoms with Crippen molar-refractivity contribution < 1.29 is 4.39 Å². The van der Waals surface area contributed by atoms with Crippen molar-refractivity contribution in [2.75, 3.05) is 17.2 Å². The molecule has 4 nitrogen and oxygen atoms in total. The van der Waals surface area contributed by atoms with E-state index in [-0.39, 0.29) is 11.9 Å². The molecule has 28 heavy (non-hydrogen) atoms. The van der Waals surface area contributed by atoms with Crippen molar-refractivity contribution in [2.45, 2.75) is 19.9 Å². The second-order valence-electron chi connectivity index (χ2n) is 6.77. The van der Waals surface area contributed by atoms with Crippen molar-refractivity contribution in [1.29, 1.82) is 0 Å². The standard InChI is InChI=1S/C23H23FN4/c1-3-25-20-14-16(11-12-18(20)24)23(28-21-10-6-7-13-26-21)22-15(2)27-19-9-5-4-8-17(19)22/h4-14,23,25,27H,3H2,1-2H3,(H,26,28). The van der Waals surface area contributed by atoms with Crippen LogP contribution in [0.2, 0.25) is 0 Å². The number of aryl methyl sites for hydroxylation is 1. The van der Waals surface area contributed by atoms with E-state index in [0.717, 1.165) is 33.5 Å². The molecular weight excluding hydrogens is 351 g/mol. The van der Waals surface area contributed by atoms with Crippen molar-refractivity contribution in [2.24, 2.45) is 0 Å². The lowest BCUT2D eigenvalue weighted by Gasteiger charge is -2.22. The van der Waals surface area contributed by atoms with Crippen molar-refractivity contribution in [1.82, 2.24) is 9.97 Å². The lowest BCUT2D eigenvalue weighted by molar-refractivity contribution is 0.629. The fraction of sp³-hybridized carbons (Fsp3) is 0.174. The summed E-state index contributed by atoms with van der Waals surface area (Å²) in [5, 5.41) is 7.79. The number of H-pyrrole nitrogens is 1. The molecule has 4 aromatic rings. The number of hydrogen-bond acceptors (Lipinski definition) is 3. The van der Waals surface area contributed by atoms with Crippen LogP contribution in [-0.2, 0) is 0 Å². The number of fused-ring (bicyclic) bond motifs is 1. The maximum absolute atomic E-state index is 14.2. The number of aromatic nitrogens is 2. The predicted molar refractivity (Wildman–Crippen MR) is 113 cm³/mol. The van der Waals surface area contributed by atoms with Gasteiger partial charge in [0, 0.05) is 34.9 Å². The summed E-state index contributed by atoms with van der Waals surface area (Å²) in [5.74, 6) is 0.518. The van der Waals surface area contributed by atoms with E-state index in [1.807, 2.05) is 49.4 Å². The molecule has 0 radical (unpaired) electrons. The molecule has 5 heteroatoms. The van der Waals surface area contributed by atoms with Gasteiger partial charge in [0.05, 0.1) is 11.7 Å². The van der Waals surface area contributed by atoms with E-state index in [0.29, 0.717) is 12.2 Å². The Kier molecular flexibility index (Phi) is 4.98. The number of anilines is 2. The van der Waals surface area contributed by atoms with E-state index in [2.05, 4.69) is 39.7 Å². The molecule has 2 aromatic heterocycles. The first-order chi connectivity index (χ1) is 13.7. The van der Waals surface area contributed by atoms with Gasteiger partial charge in [0.2, 0.25) is 0 Å². The normalized spacial score (nSPS) is 12.1. The van der Waals surface area contributed by atoms with Gasteiger partial charge in [-0.15, -0.1) is 0 Å². The van der Waals surface area contributed by atoms with Crippen LogP contribution in [-0.4, -0.2) is 16.5 Å². The van der Waals surface area contributed by atoms with Gasteiger partial charge in [-0.05, 0) is 49.7 Å². The zero-order valence-corrected chi connectivity index (χ0v) is 16.0. The number of para-hydroxylation sites is 1. The Labute approximate surface area is 163 Å². The third-order valence-corrected chi connectivity index (χ3v) is 4.88. The Morgan fingerprint density at radius 3 is 2.68 bits per heavy atom. The van der Waals surface area contributed by atoms with Gasteiger partial charge in [-0.2, -0.15) is 0 Å². The van der Waals surface area contributed by atoms with Gasteiger partial charge in [-0.25, -0.2) is 9.37 Å². The molecule has 0 aliphatic carbocycles. The van der Waals surface area contributed by atoms with Crippen LogP contribution < -0.4 is 10.6 Å². The van der Waals surface area contributed by atoms with E-state index in [9.17, 15) is 4.39 Å². The van der Waals surface area contributed by atoms with Crippen LogP contribution in [0.25, 0.3) is 10.9 Å². The molecule has 0 amide bonds. The topological polar surface area (TPSA) is 52.7 Å². The highest BCUT2D eigenvalue weighted by atomic mass is 19.1. The van der Waals surface area contributed by atoms with Crippen LogP contribution in [0.1, 0.15) is 29.8 Å². The van der Waals surface area contributed by atoms with Gasteiger partial charge in [0.1, 0.15) is 11.6 Å². The molecule has 0 aliphatic rings. The first-order valence-corrected chi connectivity index (χ1v) is 9.45. The third kappa shape index (κ3) is 3.43. The van der Waals surface area contributed by atoms with Crippen molar-refractivity contribution in [3.05, 3.63) is 89.5 Å². The van der Waals surface area contributed by atoms with E-state index in [4.69, 9.17) is 0 Å². The number of nitrogens with one attached hydrogen (secondary N) is 3. The first-order valence-electron chi connectivity index (χ1n) is 9.45. The van der Waals surface area contributed by atoms with Gasteiger partial charge in [0.15, 0.2) is 0 Å². The zero-order chi connectivity index (χ0) is 19.5. The van der Waals surface area contributed by atoms with Gasteiger partial charge in [0.25, 0.3) is 0 Å². The number of hydrogen-bond donors (Lipinski definition) is 3. The fourth-order valence-electron chi connectivity index (χ4n) is 3.64. The molecule has 0 saturated carbocycles. The predicted octanol–water partition coefficient (Wildman–Crippen LogP) is 5.64. The number of nitrogens with zero attached hydrogens (tertiary/aromatic N) is 1. The van der Waals surface area contributed by atoms with E-state index in [1.165, 1.54) is 6.07 Å². The Balaban J connectivity index is 1.87. The van der Waals surface area contributed by atoms with E-state index >= 15 is 0 Å². The maximum atomic E-state index is 14.2. The van der Waals surface area contributed by atoms with E-state index in [1.54, 1.807) is 6.20 Å². The van der Waals surface area contributed by atoms with Crippen LogP contribution in [0, 0.1) is 12.7 Å². The molecule has 1 unspecified atom stereocenters. The number of benzene rings is 2. The molecule has 2 aromatic carbocycles. The highest BCUT2D eigenvalue weighted by molar-refractivity contribution is 5.86. The quantitative estimate of drug-likeness (QED) is 0.409. The molecule has 0 fully saturated rings. The highest BCUT2D eigenvalue weighted by Gasteiger charge is 2.22. The lowest BCUT2D eigenvalue weighted by atomic mass is 9.95. The molecule has 142 valence electrons. The van der Waals surface area contributed by atoms with Crippen LogP contribution >= 0.6 is 0 Å². The average Bonchev–Trinajstić information content (AvgIpc) is 3.04. The number of rotatable bonds is 6. The second-order valence-corrected chi connectivity index (χ2v) is 6.77. The maximum Gasteiger partial charge on any atom is 0.146 e. The van der Waals surface area contributed by atoms with E-state index < -0.39 is 0 Å². The monoisotopic (exact) mass is 374 g/mol. The van der Waals surface area contributed by atoms with Gasteiger partial charge < -0.3 is 15.6 Å². The molecule has 0 aliphatic heterocycles. The van der Waals surface area contributed by atoms with Gasteiger partial charge in [-0.3, -0.25) is 0 Å². The summed E-state index contributed by atoms with van der Waals surface area (Å²) in [6, 6.07) is 19.0. The van der Waals surface area contributed by atoms with Gasteiger partial charge in [-0.1, -0.05) is 30.3 Å². The SMILES string of the molecule is CCNc1cc(C(Nc2ccccn2)c2c(C)[nH]c3ccccc23)ccc1F. The molecule has 2 heterocycles. The van der Waals surface area contributed by atoms with Crippen LogP contribution in [0.4, 0.5) is 15.9 Å². The van der Waals surface area contributed by atoms with Crippen LogP contribution in [0.3, 0.4) is 0 Å². The van der Waals surface area contributed by atoms with Crippen molar-refractivity contribution >= 4 is 22.4 Å². The Bertz CT molecular complexity index is 1090. The number of halogens is 1. The smallest absolute Gasteiger partial charge is 0.146 e. The zero-order valence-electron chi connectivity index (χ0n) is 16.0. The molecule has 0 spiro atoms. The minimum atomic E-state index is -0.252. The lowest BCUT2D eigenvalue weighted by Crippen LogP contribution is -2.15. The van der Waals surface area contributed by atoms with Crippen molar-refractivity contribution in [3.63, 3.8) is 0 Å². The summed E-state index contributed by atoms with van der Waals surface area (Å²) in [6.45, 7) is 4.68. The summed E-state index contributed by atoms with van der Waals surface area (Å²) in [7, 11) is 0. The molecular formula is C23H23FN4. The molecule has 4 rings (SSSR count). The largest absolute Gasteiger partial charge is 0.383 e. The highest BCUT2D eigenvalue weighted by Crippen LogP contribution is 2.35. The van der Waals surface area contributed by atoms with Crippen molar-refractivity contribution in [3.8, 4) is 0 Å². The minimum absolute atomic E-state index is 0.177. The Hall–Kier alpha value is -3.34. The Morgan fingerprint density at radius 2 is 1.89 bits per heavy atom. The summed E-state index contributed by atoms with van der Waals surface area (Å²) in [5.41, 5.74) is 4.76. The van der Waals surface area contributed by atoms with Crippen LogP contribution in [0.5, 0.6) is 0 Å². The summed E-state index contributed by atoms with van der Waals surface area (Å²) < 4.78 is 14.2. The fourth-order valence-corrected chi connectivity index (χ4v) is 3.64. The molecule has 0 saturated heterocycles. The van der Waals surface area contributed by atoms with Gasteiger partial charge >= 0.3 is 0 Å². The number of pyridine rings is 1. The van der Waals surface area contributed by atoms with Crippen LogP contribution in [0.15, 0.2) is 66.9 Å². The summed E-state index contributed by atoms with van der Waals surface area (Å²) >= 11 is 0. The minimum Gasteiger partial charge on any atom is -0.383 e. The average molecular weight is 374 g/mol. The summed E-state index contributed by atoms with van der Waals surface area (Å²) in [4.78, 5) is 7.89. The molecule has 3 N–H and O–H groups in total. The number of aromatic amines is 1. The summed E-state index contributed by atoms with van der Waals surface area (Å²) in [6.07, 6.45) is 1.76.